The predicted molar refractivity (Wildman–Crippen MR) is 84.9 cm³/mol. The predicted octanol–water partition coefficient (Wildman–Crippen LogP) is 3.50. The molecule has 1 aliphatic rings. The second-order valence-electron chi connectivity index (χ2n) is 4.81. The van der Waals surface area contributed by atoms with E-state index in [1.807, 2.05) is 24.3 Å². The van der Waals surface area contributed by atoms with Crippen LogP contribution in [0.3, 0.4) is 0 Å². The lowest BCUT2D eigenvalue weighted by atomic mass is 10.0. The van der Waals surface area contributed by atoms with Crippen molar-refractivity contribution >= 4 is 37.6 Å². The molecule has 0 fully saturated rings. The summed E-state index contributed by atoms with van der Waals surface area (Å²) in [7, 11) is -3.46. The normalized spacial score (nSPS) is 18.5. The van der Waals surface area contributed by atoms with E-state index in [0.29, 0.717) is 5.57 Å². The second-order valence-corrected chi connectivity index (χ2v) is 7.68. The number of Topliss-reactive ketones (excluding diaryl/α,β-unsaturated/α-hetero) is 1. The average molecular weight is 363 g/mol. The number of sulfone groups is 1. The van der Waals surface area contributed by atoms with Gasteiger partial charge >= 0.3 is 0 Å². The Labute approximate surface area is 131 Å². The zero-order chi connectivity index (χ0) is 15.0. The van der Waals surface area contributed by atoms with Crippen LogP contribution in [0.4, 0.5) is 0 Å². The van der Waals surface area contributed by atoms with Gasteiger partial charge in [-0.2, -0.15) is 0 Å². The molecule has 0 spiro atoms. The third-order valence-corrected chi connectivity index (χ3v) is 5.50. The van der Waals surface area contributed by atoms with Gasteiger partial charge in [-0.1, -0.05) is 40.2 Å². The first-order chi connectivity index (χ1) is 9.97. The average Bonchev–Trinajstić information content (AvgIpc) is 2.44. The van der Waals surface area contributed by atoms with Crippen LogP contribution in [0.25, 0.3) is 6.08 Å². The van der Waals surface area contributed by atoms with E-state index in [1.165, 1.54) is 6.07 Å². The summed E-state index contributed by atoms with van der Waals surface area (Å²) in [6.45, 7) is 0. The number of benzene rings is 2. The van der Waals surface area contributed by atoms with Crippen LogP contribution in [0.2, 0.25) is 0 Å². The first-order valence-corrected chi connectivity index (χ1v) is 8.74. The number of hydrogen-bond acceptors (Lipinski definition) is 3. The van der Waals surface area contributed by atoms with Crippen LogP contribution in [0.5, 0.6) is 0 Å². The Morgan fingerprint density at radius 3 is 2.57 bits per heavy atom. The maximum absolute atomic E-state index is 12.4. The molecule has 5 heteroatoms. The zero-order valence-corrected chi connectivity index (χ0v) is 13.3. The molecule has 3 rings (SSSR count). The van der Waals surface area contributed by atoms with E-state index in [1.54, 1.807) is 24.3 Å². The van der Waals surface area contributed by atoms with Crippen molar-refractivity contribution in [2.45, 2.75) is 4.90 Å². The van der Waals surface area contributed by atoms with Gasteiger partial charge in [0.2, 0.25) is 0 Å². The van der Waals surface area contributed by atoms with E-state index in [0.717, 1.165) is 10.0 Å². The summed E-state index contributed by atoms with van der Waals surface area (Å²) < 4.78 is 25.4. The summed E-state index contributed by atoms with van der Waals surface area (Å²) in [5, 5.41) is 0. The van der Waals surface area contributed by atoms with E-state index in [9.17, 15) is 13.2 Å². The summed E-state index contributed by atoms with van der Waals surface area (Å²) in [4.78, 5) is 12.6. The van der Waals surface area contributed by atoms with Crippen LogP contribution in [0.1, 0.15) is 15.9 Å². The molecular weight excluding hydrogens is 352 g/mol. The number of ketones is 1. The molecule has 0 unspecified atom stereocenters. The molecule has 0 aliphatic carbocycles. The highest BCUT2D eigenvalue weighted by Crippen LogP contribution is 2.29. The van der Waals surface area contributed by atoms with Crippen molar-refractivity contribution in [1.29, 1.82) is 0 Å². The highest BCUT2D eigenvalue weighted by atomic mass is 79.9. The summed E-state index contributed by atoms with van der Waals surface area (Å²) in [6.07, 6.45) is 1.64. The molecule has 1 heterocycles. The van der Waals surface area contributed by atoms with Crippen molar-refractivity contribution in [3.63, 3.8) is 0 Å². The van der Waals surface area contributed by atoms with Gasteiger partial charge in [-0.3, -0.25) is 4.79 Å². The molecule has 2 aromatic carbocycles. The number of fused-ring (bicyclic) bond motifs is 1. The Balaban J connectivity index is 2.13. The molecule has 0 N–H and O–H groups in total. The van der Waals surface area contributed by atoms with Gasteiger partial charge in [0, 0.05) is 15.6 Å². The summed E-state index contributed by atoms with van der Waals surface area (Å²) in [5.41, 5.74) is 1.35. The highest BCUT2D eigenvalue weighted by Gasteiger charge is 2.32. The quantitative estimate of drug-likeness (QED) is 0.729. The third-order valence-electron chi connectivity index (χ3n) is 3.29. The summed E-state index contributed by atoms with van der Waals surface area (Å²) in [6, 6.07) is 13.7. The summed E-state index contributed by atoms with van der Waals surface area (Å²) >= 11 is 3.36. The second kappa shape index (κ2) is 5.24. The molecule has 0 bridgehead atoms. The van der Waals surface area contributed by atoms with Crippen molar-refractivity contribution in [3.05, 3.63) is 69.7 Å². The van der Waals surface area contributed by atoms with E-state index >= 15 is 0 Å². The van der Waals surface area contributed by atoms with Gasteiger partial charge in [-0.25, -0.2) is 8.42 Å². The van der Waals surface area contributed by atoms with Crippen LogP contribution in [0.15, 0.2) is 63.5 Å². The Bertz CT molecular complexity index is 867. The molecule has 0 saturated heterocycles. The molecule has 0 radical (unpaired) electrons. The van der Waals surface area contributed by atoms with Gasteiger partial charge in [-0.05, 0) is 35.9 Å². The molecule has 106 valence electrons. The minimum atomic E-state index is -3.46. The van der Waals surface area contributed by atoms with E-state index in [-0.39, 0.29) is 22.0 Å². The van der Waals surface area contributed by atoms with Crippen molar-refractivity contribution in [1.82, 2.24) is 0 Å². The van der Waals surface area contributed by atoms with Crippen LogP contribution in [-0.4, -0.2) is 20.0 Å². The number of rotatable bonds is 1. The molecule has 0 aromatic heterocycles. The largest absolute Gasteiger partial charge is 0.289 e. The Hall–Kier alpha value is -1.72. The van der Waals surface area contributed by atoms with Crippen LogP contribution in [-0.2, 0) is 9.84 Å². The number of halogens is 1. The molecular formula is C16H11BrO3S. The lowest BCUT2D eigenvalue weighted by molar-refractivity contribution is 0.103. The fraction of sp³-hybridized carbons (Fsp3) is 0.0625. The molecule has 2 aromatic rings. The Kier molecular flexibility index (Phi) is 3.55. The van der Waals surface area contributed by atoms with Crippen molar-refractivity contribution in [2.24, 2.45) is 0 Å². The smallest absolute Gasteiger partial charge is 0.191 e. The monoisotopic (exact) mass is 362 g/mol. The lowest BCUT2D eigenvalue weighted by Gasteiger charge is -2.17. The van der Waals surface area contributed by atoms with E-state index in [2.05, 4.69) is 15.9 Å². The minimum Gasteiger partial charge on any atom is -0.289 e. The van der Waals surface area contributed by atoms with Crippen LogP contribution >= 0.6 is 15.9 Å². The Morgan fingerprint density at radius 2 is 1.81 bits per heavy atom. The molecule has 1 aliphatic heterocycles. The number of carbonyl (C=O) groups excluding carboxylic acids is 1. The first kappa shape index (κ1) is 14.2. The number of hydrogen-bond donors (Lipinski definition) is 0. The van der Waals surface area contributed by atoms with Crippen molar-refractivity contribution < 1.29 is 13.2 Å². The van der Waals surface area contributed by atoms with Crippen LogP contribution in [0, 0.1) is 0 Å². The SMILES string of the molecule is O=C1/C(=C/c2cccc(Br)c2)CS(=O)(=O)c2ccccc21. The zero-order valence-electron chi connectivity index (χ0n) is 10.9. The fourth-order valence-corrected chi connectivity index (χ4v) is 4.33. The van der Waals surface area contributed by atoms with E-state index < -0.39 is 9.84 Å². The van der Waals surface area contributed by atoms with Gasteiger partial charge in [0.25, 0.3) is 0 Å². The molecule has 0 saturated carbocycles. The first-order valence-electron chi connectivity index (χ1n) is 6.30. The fourth-order valence-electron chi connectivity index (χ4n) is 2.35. The molecule has 21 heavy (non-hydrogen) atoms. The van der Waals surface area contributed by atoms with Gasteiger partial charge in [0.15, 0.2) is 15.6 Å². The van der Waals surface area contributed by atoms with Gasteiger partial charge < -0.3 is 0 Å². The maximum atomic E-state index is 12.4. The maximum Gasteiger partial charge on any atom is 0.191 e. The van der Waals surface area contributed by atoms with Gasteiger partial charge in [0.05, 0.1) is 10.6 Å². The topological polar surface area (TPSA) is 51.2 Å². The molecule has 3 nitrogen and oxygen atoms in total. The van der Waals surface area contributed by atoms with Crippen LogP contribution < -0.4 is 0 Å². The van der Waals surface area contributed by atoms with E-state index in [4.69, 9.17) is 0 Å². The van der Waals surface area contributed by atoms with Gasteiger partial charge in [-0.15, -0.1) is 0 Å². The third kappa shape index (κ3) is 2.71. The minimum absolute atomic E-state index is 0.126. The number of carbonyl (C=O) groups is 1. The standard InChI is InChI=1S/C16H11BrO3S/c17-13-5-3-4-11(9-13)8-12-10-21(19,20)15-7-2-1-6-14(15)16(12)18/h1-9H,10H2/b12-8+. The van der Waals surface area contributed by atoms with Crippen molar-refractivity contribution in [3.8, 4) is 0 Å². The lowest BCUT2D eigenvalue weighted by Crippen LogP contribution is -2.24. The molecule has 0 amide bonds. The summed E-state index contributed by atoms with van der Waals surface area (Å²) in [5.74, 6) is -0.476. The molecule has 0 atom stereocenters. The van der Waals surface area contributed by atoms with Gasteiger partial charge in [0.1, 0.15) is 0 Å². The Morgan fingerprint density at radius 1 is 1.05 bits per heavy atom. The van der Waals surface area contributed by atoms with Crippen molar-refractivity contribution in [2.75, 3.05) is 5.75 Å². The highest BCUT2D eigenvalue weighted by molar-refractivity contribution is 9.10.